The van der Waals surface area contributed by atoms with E-state index in [1.54, 1.807) is 30.3 Å². The van der Waals surface area contributed by atoms with Gasteiger partial charge in [0.2, 0.25) is 11.7 Å². The van der Waals surface area contributed by atoms with E-state index in [0.29, 0.717) is 16.3 Å². The lowest BCUT2D eigenvalue weighted by atomic mass is 10.1. The molecule has 0 N–H and O–H groups in total. The Balaban J connectivity index is 1.75. The van der Waals surface area contributed by atoms with E-state index in [-0.39, 0.29) is 24.0 Å². The number of ether oxygens (including phenoxy) is 1. The van der Waals surface area contributed by atoms with Crippen molar-refractivity contribution in [2.75, 3.05) is 7.11 Å². The zero-order chi connectivity index (χ0) is 19.7. The molecule has 0 amide bonds. The summed E-state index contributed by atoms with van der Waals surface area (Å²) < 4.78 is 24.3. The van der Waals surface area contributed by atoms with Crippen LogP contribution < -0.4 is 5.56 Å². The number of nitrogens with zero attached hydrogens (tertiary/aromatic N) is 4. The molecular weight excluding hydrogens is 367 g/mol. The van der Waals surface area contributed by atoms with Gasteiger partial charge in [0.1, 0.15) is 12.4 Å². The highest BCUT2D eigenvalue weighted by Gasteiger charge is 2.18. The molecule has 2 heterocycles. The number of halogens is 1. The molecule has 0 aliphatic carbocycles. The fourth-order valence-electron chi connectivity index (χ4n) is 2.78. The average Bonchev–Trinajstić information content (AvgIpc) is 3.18. The van der Waals surface area contributed by atoms with Gasteiger partial charge in [-0.25, -0.2) is 13.9 Å². The molecule has 0 saturated heterocycles. The minimum absolute atomic E-state index is 0.00238. The van der Waals surface area contributed by atoms with Crippen LogP contribution in [0.5, 0.6) is 0 Å². The first-order chi connectivity index (χ1) is 13.6. The van der Waals surface area contributed by atoms with E-state index in [4.69, 9.17) is 9.26 Å². The zero-order valence-electron chi connectivity index (χ0n) is 14.6. The van der Waals surface area contributed by atoms with Crippen molar-refractivity contribution in [3.05, 3.63) is 76.3 Å². The monoisotopic (exact) mass is 380 g/mol. The van der Waals surface area contributed by atoms with E-state index in [1.165, 1.54) is 25.3 Å². The van der Waals surface area contributed by atoms with Crippen LogP contribution in [0, 0.1) is 5.82 Å². The number of aromatic nitrogens is 4. The summed E-state index contributed by atoms with van der Waals surface area (Å²) in [6.45, 7) is -0.157. The van der Waals surface area contributed by atoms with Gasteiger partial charge in [-0.3, -0.25) is 4.79 Å². The smallest absolute Gasteiger partial charge is 0.359 e. The molecule has 0 atom stereocenters. The molecule has 140 valence electrons. The minimum atomic E-state index is -0.670. The SMILES string of the molecule is COC(=O)c1nn(Cc2nc(-c3cccc(F)c3)no2)c(=O)c2ccccc12. The molecule has 28 heavy (non-hydrogen) atoms. The Labute approximate surface area is 157 Å². The summed E-state index contributed by atoms with van der Waals surface area (Å²) in [4.78, 5) is 29.0. The van der Waals surface area contributed by atoms with Gasteiger partial charge in [-0.05, 0) is 18.2 Å². The second-order valence-electron chi connectivity index (χ2n) is 5.87. The van der Waals surface area contributed by atoms with Crippen LogP contribution in [0.2, 0.25) is 0 Å². The normalized spacial score (nSPS) is 10.9. The van der Waals surface area contributed by atoms with Crippen molar-refractivity contribution in [2.24, 2.45) is 0 Å². The van der Waals surface area contributed by atoms with Gasteiger partial charge < -0.3 is 9.26 Å². The molecule has 2 aromatic heterocycles. The highest BCUT2D eigenvalue weighted by molar-refractivity contribution is 6.01. The first-order valence-electron chi connectivity index (χ1n) is 8.23. The van der Waals surface area contributed by atoms with Crippen LogP contribution in [-0.4, -0.2) is 33.0 Å². The molecule has 4 rings (SSSR count). The van der Waals surface area contributed by atoms with Crippen molar-refractivity contribution < 1.29 is 18.4 Å². The minimum Gasteiger partial charge on any atom is -0.464 e. The number of esters is 1. The van der Waals surface area contributed by atoms with Gasteiger partial charge in [-0.15, -0.1) is 0 Å². The number of rotatable bonds is 4. The Bertz CT molecular complexity index is 1250. The molecule has 0 bridgehead atoms. The van der Waals surface area contributed by atoms with Gasteiger partial charge in [0.15, 0.2) is 5.69 Å². The molecular formula is C19H13FN4O4. The van der Waals surface area contributed by atoms with Crippen molar-refractivity contribution in [1.82, 2.24) is 19.9 Å². The van der Waals surface area contributed by atoms with E-state index in [0.717, 1.165) is 4.68 Å². The second-order valence-corrected chi connectivity index (χ2v) is 5.87. The van der Waals surface area contributed by atoms with Crippen LogP contribution in [0.1, 0.15) is 16.4 Å². The van der Waals surface area contributed by atoms with Crippen LogP contribution in [0.3, 0.4) is 0 Å². The summed E-state index contributed by atoms with van der Waals surface area (Å²) in [7, 11) is 1.23. The van der Waals surface area contributed by atoms with E-state index >= 15 is 0 Å². The topological polar surface area (TPSA) is 100 Å². The fourth-order valence-corrected chi connectivity index (χ4v) is 2.78. The lowest BCUT2D eigenvalue weighted by Crippen LogP contribution is -2.27. The fraction of sp³-hybridized carbons (Fsp3) is 0.105. The van der Waals surface area contributed by atoms with E-state index in [2.05, 4.69) is 15.2 Å². The molecule has 0 spiro atoms. The Kier molecular flexibility index (Phi) is 4.40. The van der Waals surface area contributed by atoms with Crippen molar-refractivity contribution in [1.29, 1.82) is 0 Å². The highest BCUT2D eigenvalue weighted by atomic mass is 19.1. The molecule has 0 aliphatic rings. The Morgan fingerprint density at radius 2 is 1.96 bits per heavy atom. The summed E-state index contributed by atoms with van der Waals surface area (Å²) in [6, 6.07) is 12.3. The summed E-state index contributed by atoms with van der Waals surface area (Å²) in [5, 5.41) is 8.60. The van der Waals surface area contributed by atoms with Gasteiger partial charge in [0.05, 0.1) is 12.5 Å². The standard InChI is InChI=1S/C19H13FN4O4/c1-27-19(26)16-13-7-2-3-8-14(13)18(25)24(22-16)10-15-21-17(23-28-15)11-5-4-6-12(20)9-11/h2-9H,10H2,1H3. The summed E-state index contributed by atoms with van der Waals surface area (Å²) in [6.07, 6.45) is 0. The molecule has 8 nitrogen and oxygen atoms in total. The molecule has 0 fully saturated rings. The number of benzene rings is 2. The molecule has 9 heteroatoms. The molecule has 0 saturated carbocycles. The lowest BCUT2D eigenvalue weighted by Gasteiger charge is -2.08. The maximum Gasteiger partial charge on any atom is 0.359 e. The van der Waals surface area contributed by atoms with Crippen LogP contribution in [0.25, 0.3) is 22.2 Å². The number of methoxy groups -OCH3 is 1. The molecule has 4 aromatic rings. The maximum atomic E-state index is 13.4. The van der Waals surface area contributed by atoms with Crippen molar-refractivity contribution in [2.45, 2.75) is 6.54 Å². The van der Waals surface area contributed by atoms with Crippen LogP contribution in [-0.2, 0) is 11.3 Å². The lowest BCUT2D eigenvalue weighted by molar-refractivity contribution is 0.0593. The number of hydrogen-bond donors (Lipinski definition) is 0. The molecule has 0 radical (unpaired) electrons. The number of carbonyl (C=O) groups is 1. The number of fused-ring (bicyclic) bond motifs is 1. The average molecular weight is 380 g/mol. The quantitative estimate of drug-likeness (QED) is 0.501. The Morgan fingerprint density at radius 3 is 2.71 bits per heavy atom. The summed E-state index contributed by atoms with van der Waals surface area (Å²) >= 11 is 0. The number of hydrogen-bond acceptors (Lipinski definition) is 7. The third kappa shape index (κ3) is 3.13. The van der Waals surface area contributed by atoms with Crippen LogP contribution in [0.15, 0.2) is 57.8 Å². The third-order valence-corrected chi connectivity index (χ3v) is 4.08. The molecule has 0 aliphatic heterocycles. The van der Waals surface area contributed by atoms with Gasteiger partial charge in [-0.1, -0.05) is 35.5 Å². The zero-order valence-corrected chi connectivity index (χ0v) is 14.6. The van der Waals surface area contributed by atoms with Gasteiger partial charge in [0.25, 0.3) is 5.56 Å². The summed E-state index contributed by atoms with van der Waals surface area (Å²) in [5.41, 5.74) is 0.0143. The predicted molar refractivity (Wildman–Crippen MR) is 96.1 cm³/mol. The predicted octanol–water partition coefficient (Wildman–Crippen LogP) is 2.42. The first kappa shape index (κ1) is 17.5. The Hall–Kier alpha value is -3.88. The van der Waals surface area contributed by atoms with Crippen molar-refractivity contribution >= 4 is 16.7 Å². The Morgan fingerprint density at radius 1 is 1.18 bits per heavy atom. The van der Waals surface area contributed by atoms with Crippen LogP contribution >= 0.6 is 0 Å². The van der Waals surface area contributed by atoms with Gasteiger partial charge in [0, 0.05) is 10.9 Å². The number of carbonyl (C=O) groups excluding carboxylic acids is 1. The highest BCUT2D eigenvalue weighted by Crippen LogP contribution is 2.18. The second kappa shape index (κ2) is 7.03. The maximum absolute atomic E-state index is 13.4. The molecule has 0 unspecified atom stereocenters. The molecule has 2 aromatic carbocycles. The first-order valence-corrected chi connectivity index (χ1v) is 8.23. The largest absolute Gasteiger partial charge is 0.464 e. The van der Waals surface area contributed by atoms with E-state index < -0.39 is 17.3 Å². The van der Waals surface area contributed by atoms with Crippen molar-refractivity contribution in [3.63, 3.8) is 0 Å². The van der Waals surface area contributed by atoms with Gasteiger partial charge in [-0.2, -0.15) is 10.1 Å². The third-order valence-electron chi connectivity index (χ3n) is 4.08. The van der Waals surface area contributed by atoms with E-state index in [9.17, 15) is 14.0 Å². The van der Waals surface area contributed by atoms with Crippen molar-refractivity contribution in [3.8, 4) is 11.4 Å². The van der Waals surface area contributed by atoms with Crippen LogP contribution in [0.4, 0.5) is 4.39 Å². The van der Waals surface area contributed by atoms with E-state index in [1.807, 2.05) is 0 Å². The summed E-state index contributed by atoms with van der Waals surface area (Å²) in [5.74, 6) is -0.841. The van der Waals surface area contributed by atoms with Gasteiger partial charge >= 0.3 is 5.97 Å².